The number of amides is 1. The molecule has 1 aromatic carbocycles. The second kappa shape index (κ2) is 5.26. The molecule has 0 aliphatic rings. The maximum atomic E-state index is 10.8. The molecule has 1 amide bonds. The molecule has 1 rings (SSSR count). The Morgan fingerprint density at radius 1 is 1.29 bits per heavy atom. The van der Waals surface area contributed by atoms with Crippen LogP contribution in [0.4, 0.5) is 0 Å². The van der Waals surface area contributed by atoms with Crippen LogP contribution >= 0.6 is 15.9 Å². The van der Waals surface area contributed by atoms with E-state index in [1.807, 2.05) is 0 Å². The number of benzene rings is 1. The molecule has 6 nitrogen and oxygen atoms in total. The predicted octanol–water partition coefficient (Wildman–Crippen LogP) is 0.0269. The molecule has 0 aromatic heterocycles. The first-order valence-electron chi connectivity index (χ1n) is 4.52. The lowest BCUT2D eigenvalue weighted by atomic mass is 10.0. The molecule has 5 N–H and O–H groups in total. The number of hydrogen-bond acceptors (Lipinski definition) is 4. The Bertz CT molecular complexity index is 462. The summed E-state index contributed by atoms with van der Waals surface area (Å²) in [6.45, 7) is 0. The molecule has 92 valence electrons. The molecule has 0 fully saturated rings. The van der Waals surface area contributed by atoms with Gasteiger partial charge in [-0.3, -0.25) is 4.79 Å². The highest BCUT2D eigenvalue weighted by molar-refractivity contribution is 9.10. The number of aliphatic hydroxyl groups excluding tert-OH is 2. The molecular formula is C10H10BrNO5. The second-order valence-corrected chi connectivity index (χ2v) is 4.19. The van der Waals surface area contributed by atoms with Crippen LogP contribution in [0, 0.1) is 0 Å². The zero-order valence-corrected chi connectivity index (χ0v) is 10.1. The van der Waals surface area contributed by atoms with Gasteiger partial charge in [-0.25, -0.2) is 4.79 Å². The smallest absolute Gasteiger partial charge is 0.336 e. The van der Waals surface area contributed by atoms with Gasteiger partial charge in [-0.15, -0.1) is 0 Å². The number of carbonyl (C=O) groups excluding carboxylic acids is 1. The van der Waals surface area contributed by atoms with Crippen LogP contribution in [0.5, 0.6) is 0 Å². The van der Waals surface area contributed by atoms with Crippen LogP contribution in [-0.4, -0.2) is 33.3 Å². The number of aromatic carboxylic acids is 1. The molecule has 0 aliphatic heterocycles. The molecular weight excluding hydrogens is 294 g/mol. The van der Waals surface area contributed by atoms with Crippen LogP contribution in [0.3, 0.4) is 0 Å². The SMILES string of the molecule is NC(=O)C(O)C(O)c1ccc(Br)c(C(=O)O)c1. The van der Waals surface area contributed by atoms with E-state index >= 15 is 0 Å². The number of hydrogen-bond donors (Lipinski definition) is 4. The van der Waals surface area contributed by atoms with Gasteiger partial charge in [0, 0.05) is 4.47 Å². The Labute approximate surface area is 105 Å². The molecule has 0 bridgehead atoms. The van der Waals surface area contributed by atoms with Crippen molar-refractivity contribution in [2.45, 2.75) is 12.2 Å². The first-order valence-corrected chi connectivity index (χ1v) is 5.32. The standard InChI is InChI=1S/C10H10BrNO5/c11-6-2-1-4(3-5(6)10(16)17)7(13)8(14)9(12)15/h1-3,7-8,13-14H,(H2,12,15)(H,16,17). The molecule has 0 radical (unpaired) electrons. The van der Waals surface area contributed by atoms with Gasteiger partial charge in [-0.05, 0) is 33.6 Å². The lowest BCUT2D eigenvalue weighted by Crippen LogP contribution is -2.33. The summed E-state index contributed by atoms with van der Waals surface area (Å²) in [7, 11) is 0. The molecule has 0 aliphatic carbocycles. The quantitative estimate of drug-likeness (QED) is 0.625. The van der Waals surface area contributed by atoms with Crippen molar-refractivity contribution >= 4 is 27.8 Å². The summed E-state index contributed by atoms with van der Waals surface area (Å²) in [5.74, 6) is -2.28. The third-order valence-electron chi connectivity index (χ3n) is 2.15. The fourth-order valence-corrected chi connectivity index (χ4v) is 1.64. The predicted molar refractivity (Wildman–Crippen MR) is 61.3 cm³/mol. The summed E-state index contributed by atoms with van der Waals surface area (Å²) in [6.07, 6.45) is -3.34. The van der Waals surface area contributed by atoms with Crippen molar-refractivity contribution in [3.8, 4) is 0 Å². The van der Waals surface area contributed by atoms with E-state index in [0.717, 1.165) is 6.07 Å². The van der Waals surface area contributed by atoms with Gasteiger partial charge in [0.15, 0.2) is 6.10 Å². The number of rotatable bonds is 4. The Hall–Kier alpha value is -1.44. The minimum absolute atomic E-state index is 0.0850. The number of aliphatic hydroxyl groups is 2. The van der Waals surface area contributed by atoms with Crippen LogP contribution in [0.25, 0.3) is 0 Å². The zero-order chi connectivity index (χ0) is 13.2. The van der Waals surface area contributed by atoms with E-state index in [4.69, 9.17) is 10.8 Å². The van der Waals surface area contributed by atoms with Gasteiger partial charge in [0.1, 0.15) is 6.10 Å². The van der Waals surface area contributed by atoms with Crippen LogP contribution in [-0.2, 0) is 4.79 Å². The summed E-state index contributed by atoms with van der Waals surface area (Å²) in [4.78, 5) is 21.5. The Kier molecular flexibility index (Phi) is 4.22. The van der Waals surface area contributed by atoms with E-state index in [-0.39, 0.29) is 11.1 Å². The van der Waals surface area contributed by atoms with E-state index in [1.165, 1.54) is 12.1 Å². The van der Waals surface area contributed by atoms with Gasteiger partial charge in [0.25, 0.3) is 0 Å². The maximum Gasteiger partial charge on any atom is 0.336 e. The highest BCUT2D eigenvalue weighted by atomic mass is 79.9. The van der Waals surface area contributed by atoms with E-state index in [2.05, 4.69) is 15.9 Å². The minimum Gasteiger partial charge on any atom is -0.478 e. The van der Waals surface area contributed by atoms with Crippen molar-refractivity contribution in [3.05, 3.63) is 33.8 Å². The van der Waals surface area contributed by atoms with Gasteiger partial charge in [0.05, 0.1) is 5.56 Å². The van der Waals surface area contributed by atoms with Gasteiger partial charge in [-0.2, -0.15) is 0 Å². The number of halogens is 1. The number of primary amides is 1. The Morgan fingerprint density at radius 2 is 1.88 bits per heavy atom. The molecule has 7 heteroatoms. The van der Waals surface area contributed by atoms with Gasteiger partial charge in [0.2, 0.25) is 5.91 Å². The van der Waals surface area contributed by atoms with E-state index in [9.17, 15) is 19.8 Å². The number of carboxylic acid groups (broad SMARTS) is 1. The monoisotopic (exact) mass is 303 g/mol. The third-order valence-corrected chi connectivity index (χ3v) is 2.84. The first kappa shape index (κ1) is 13.6. The summed E-state index contributed by atoms with van der Waals surface area (Å²) in [5, 5.41) is 27.7. The van der Waals surface area contributed by atoms with Crippen molar-refractivity contribution < 1.29 is 24.9 Å². The topological polar surface area (TPSA) is 121 Å². The van der Waals surface area contributed by atoms with E-state index in [1.54, 1.807) is 0 Å². The van der Waals surface area contributed by atoms with Crippen LogP contribution in [0.2, 0.25) is 0 Å². The number of nitrogens with two attached hydrogens (primary N) is 1. The lowest BCUT2D eigenvalue weighted by molar-refractivity contribution is -0.131. The van der Waals surface area contributed by atoms with Crippen molar-refractivity contribution in [3.63, 3.8) is 0 Å². The van der Waals surface area contributed by atoms with Crippen molar-refractivity contribution in [1.29, 1.82) is 0 Å². The summed E-state index contributed by atoms with van der Waals surface area (Å²) < 4.78 is 0.328. The molecule has 1 aromatic rings. The summed E-state index contributed by atoms with van der Waals surface area (Å²) in [5.41, 5.74) is 4.84. The third kappa shape index (κ3) is 3.02. The molecule has 2 unspecified atom stereocenters. The highest BCUT2D eigenvalue weighted by Crippen LogP contribution is 2.23. The fourth-order valence-electron chi connectivity index (χ4n) is 1.23. The van der Waals surface area contributed by atoms with Crippen LogP contribution in [0.15, 0.2) is 22.7 Å². The van der Waals surface area contributed by atoms with Crippen LogP contribution in [0.1, 0.15) is 22.0 Å². The normalized spacial score (nSPS) is 14.1. The molecule has 17 heavy (non-hydrogen) atoms. The van der Waals surface area contributed by atoms with E-state index < -0.39 is 24.1 Å². The average molecular weight is 304 g/mol. The maximum absolute atomic E-state index is 10.8. The molecule has 0 saturated carbocycles. The highest BCUT2D eigenvalue weighted by Gasteiger charge is 2.24. The molecule has 0 spiro atoms. The zero-order valence-electron chi connectivity index (χ0n) is 8.50. The molecule has 2 atom stereocenters. The van der Waals surface area contributed by atoms with E-state index in [0.29, 0.717) is 4.47 Å². The minimum atomic E-state index is -1.78. The average Bonchev–Trinajstić information content (AvgIpc) is 2.27. The molecule has 0 heterocycles. The largest absolute Gasteiger partial charge is 0.478 e. The fraction of sp³-hybridized carbons (Fsp3) is 0.200. The Balaban J connectivity index is 3.11. The van der Waals surface area contributed by atoms with Crippen LogP contribution < -0.4 is 5.73 Å². The second-order valence-electron chi connectivity index (χ2n) is 3.34. The molecule has 0 saturated heterocycles. The number of carbonyl (C=O) groups is 2. The summed E-state index contributed by atoms with van der Waals surface area (Å²) >= 11 is 3.03. The van der Waals surface area contributed by atoms with Crippen molar-refractivity contribution in [2.24, 2.45) is 5.73 Å². The van der Waals surface area contributed by atoms with Gasteiger partial charge in [-0.1, -0.05) is 6.07 Å². The lowest BCUT2D eigenvalue weighted by Gasteiger charge is -2.15. The van der Waals surface area contributed by atoms with Gasteiger partial charge >= 0.3 is 5.97 Å². The first-order chi connectivity index (χ1) is 7.84. The number of carboxylic acids is 1. The van der Waals surface area contributed by atoms with Crippen molar-refractivity contribution in [2.75, 3.05) is 0 Å². The Morgan fingerprint density at radius 3 is 2.35 bits per heavy atom. The van der Waals surface area contributed by atoms with Crippen molar-refractivity contribution in [1.82, 2.24) is 0 Å². The summed E-state index contributed by atoms with van der Waals surface area (Å²) in [6, 6.07) is 3.94. The van der Waals surface area contributed by atoms with Gasteiger partial charge < -0.3 is 21.1 Å².